The monoisotopic (exact) mass is 765 g/mol. The highest BCUT2D eigenvalue weighted by Crippen LogP contribution is 2.57. The van der Waals surface area contributed by atoms with E-state index in [4.69, 9.17) is 0 Å². The lowest BCUT2D eigenvalue weighted by Gasteiger charge is -2.35. The number of hydrogen-bond donors (Lipinski definition) is 0. The molecule has 0 aliphatic heterocycles. The summed E-state index contributed by atoms with van der Waals surface area (Å²) in [6, 6.07) is 82.8. The van der Waals surface area contributed by atoms with E-state index in [-0.39, 0.29) is 0 Å². The van der Waals surface area contributed by atoms with E-state index in [0.29, 0.717) is 0 Å². The predicted molar refractivity (Wildman–Crippen MR) is 252 cm³/mol. The Morgan fingerprint density at radius 2 is 0.850 bits per heavy atom. The molecule has 0 saturated heterocycles. The molecule has 0 atom stereocenters. The van der Waals surface area contributed by atoms with Crippen molar-refractivity contribution < 1.29 is 0 Å². The summed E-state index contributed by atoms with van der Waals surface area (Å²) in [4.78, 5) is 2.42. The van der Waals surface area contributed by atoms with Crippen LogP contribution in [0.3, 0.4) is 0 Å². The second-order valence-corrected chi connectivity index (χ2v) is 16.0. The first-order valence-corrected chi connectivity index (χ1v) is 21.1. The van der Waals surface area contributed by atoms with Crippen LogP contribution >= 0.6 is 0 Å². The van der Waals surface area contributed by atoms with Crippen molar-refractivity contribution in [1.29, 1.82) is 0 Å². The maximum atomic E-state index is 2.45. The Balaban J connectivity index is 1.04. The second-order valence-electron chi connectivity index (χ2n) is 16.0. The summed E-state index contributed by atoms with van der Waals surface area (Å²) in [6.45, 7) is 0. The van der Waals surface area contributed by atoms with Crippen molar-refractivity contribution in [2.75, 3.05) is 4.90 Å². The Morgan fingerprint density at radius 3 is 1.53 bits per heavy atom. The van der Waals surface area contributed by atoms with Crippen LogP contribution in [-0.2, 0) is 11.8 Å². The molecule has 0 amide bonds. The number of anilines is 3. The van der Waals surface area contributed by atoms with Gasteiger partial charge < -0.3 is 4.90 Å². The standard InChI is InChI=1S/C59H43N/c1-4-15-42(16-5-1)44-29-33-52(34-30-44)60(53-35-31-45(32-36-53)47-19-14-20-48(39-47)49-28-27-43-17-10-11-18-46(43)40-49)54-37-38-56-55-25-12-13-26-57(55)59(58(56)41-54,50-21-6-2-7-22-50)51-23-8-3-9-24-51/h1-10,12-17,19-41H,11,18H2. The SMILES string of the molecule is C1=Cc2ccc(-c3cccc(-c4ccc(N(c5ccc(-c6ccccc6)cc5)c5ccc6c(c5)C(c5ccccc5)(c5ccccc5)c5ccccc5-6)cc4)c3)cc2CC1. The zero-order valence-corrected chi connectivity index (χ0v) is 33.4. The van der Waals surface area contributed by atoms with Crippen molar-refractivity contribution in [3.63, 3.8) is 0 Å². The fourth-order valence-corrected chi connectivity index (χ4v) is 9.75. The van der Waals surface area contributed by atoms with Gasteiger partial charge >= 0.3 is 0 Å². The quantitative estimate of drug-likeness (QED) is 0.149. The average molecular weight is 766 g/mol. The fraction of sp³-hybridized carbons (Fsp3) is 0.0508. The number of aryl methyl sites for hydroxylation is 1. The number of nitrogens with zero attached hydrogens (tertiary/aromatic N) is 1. The van der Waals surface area contributed by atoms with Crippen molar-refractivity contribution in [2.45, 2.75) is 18.3 Å². The van der Waals surface area contributed by atoms with E-state index in [2.05, 4.69) is 242 Å². The number of hydrogen-bond acceptors (Lipinski definition) is 1. The second kappa shape index (κ2) is 15.0. The summed E-state index contributed by atoms with van der Waals surface area (Å²) in [7, 11) is 0. The highest BCUT2D eigenvalue weighted by Gasteiger charge is 2.46. The summed E-state index contributed by atoms with van der Waals surface area (Å²) in [5.74, 6) is 0. The molecule has 9 aromatic carbocycles. The van der Waals surface area contributed by atoms with Gasteiger partial charge in [0.1, 0.15) is 0 Å². The van der Waals surface area contributed by atoms with E-state index in [0.717, 1.165) is 29.9 Å². The largest absolute Gasteiger partial charge is 0.310 e. The lowest BCUT2D eigenvalue weighted by molar-refractivity contribution is 0.768. The lowest BCUT2D eigenvalue weighted by Crippen LogP contribution is -2.28. The van der Waals surface area contributed by atoms with Crippen LogP contribution in [0, 0.1) is 0 Å². The summed E-state index contributed by atoms with van der Waals surface area (Å²) >= 11 is 0. The molecule has 1 nitrogen and oxygen atoms in total. The van der Waals surface area contributed by atoms with Crippen molar-refractivity contribution in [1.82, 2.24) is 0 Å². The minimum absolute atomic E-state index is 0.489. The van der Waals surface area contributed by atoms with Gasteiger partial charge in [-0.1, -0.05) is 194 Å². The van der Waals surface area contributed by atoms with Gasteiger partial charge in [-0.3, -0.25) is 0 Å². The van der Waals surface area contributed by atoms with E-state index in [1.165, 1.54) is 77.9 Å². The van der Waals surface area contributed by atoms with Gasteiger partial charge in [-0.2, -0.15) is 0 Å². The molecule has 0 unspecified atom stereocenters. The van der Waals surface area contributed by atoms with Gasteiger partial charge in [-0.25, -0.2) is 0 Å². The van der Waals surface area contributed by atoms with Gasteiger partial charge in [0.15, 0.2) is 0 Å². The molecule has 1 heteroatoms. The molecule has 60 heavy (non-hydrogen) atoms. The topological polar surface area (TPSA) is 3.24 Å². The molecule has 9 aromatic rings. The molecular formula is C59H43N. The Bertz CT molecular complexity index is 2960. The summed E-state index contributed by atoms with van der Waals surface area (Å²) in [5.41, 5.74) is 20.6. The molecule has 0 N–H and O–H groups in total. The van der Waals surface area contributed by atoms with Gasteiger partial charge in [-0.05, 0) is 133 Å². The maximum absolute atomic E-state index is 2.45. The zero-order chi connectivity index (χ0) is 39.9. The molecule has 11 rings (SSSR count). The third-order valence-electron chi connectivity index (χ3n) is 12.6. The predicted octanol–water partition coefficient (Wildman–Crippen LogP) is 15.5. The Morgan fingerprint density at radius 1 is 0.350 bits per heavy atom. The molecule has 0 spiro atoms. The van der Waals surface area contributed by atoms with Crippen LogP contribution in [0.25, 0.3) is 50.6 Å². The first-order valence-electron chi connectivity index (χ1n) is 21.1. The molecular weight excluding hydrogens is 723 g/mol. The summed E-state index contributed by atoms with van der Waals surface area (Å²) in [6.07, 6.45) is 6.74. The molecule has 0 saturated carbocycles. The van der Waals surface area contributed by atoms with E-state index in [1.54, 1.807) is 0 Å². The van der Waals surface area contributed by atoms with Crippen molar-refractivity contribution >= 4 is 23.1 Å². The van der Waals surface area contributed by atoms with Gasteiger partial charge in [0.25, 0.3) is 0 Å². The Hall–Kier alpha value is -7.48. The van der Waals surface area contributed by atoms with E-state index in [1.807, 2.05) is 0 Å². The van der Waals surface area contributed by atoms with Crippen LogP contribution in [0.1, 0.15) is 39.8 Å². The normalized spacial score (nSPS) is 13.3. The van der Waals surface area contributed by atoms with Crippen LogP contribution in [0.4, 0.5) is 17.1 Å². The van der Waals surface area contributed by atoms with E-state index >= 15 is 0 Å². The molecule has 0 radical (unpaired) electrons. The molecule has 284 valence electrons. The number of allylic oxidation sites excluding steroid dienone is 1. The first kappa shape index (κ1) is 35.7. The first-order chi connectivity index (χ1) is 29.7. The van der Waals surface area contributed by atoms with E-state index < -0.39 is 5.41 Å². The number of benzene rings is 9. The summed E-state index contributed by atoms with van der Waals surface area (Å²) < 4.78 is 0. The van der Waals surface area contributed by atoms with E-state index in [9.17, 15) is 0 Å². The number of rotatable bonds is 8. The summed E-state index contributed by atoms with van der Waals surface area (Å²) in [5, 5.41) is 0. The minimum Gasteiger partial charge on any atom is -0.310 e. The highest BCUT2D eigenvalue weighted by atomic mass is 15.1. The molecule has 2 aliphatic carbocycles. The van der Waals surface area contributed by atoms with Crippen LogP contribution in [0.2, 0.25) is 0 Å². The minimum atomic E-state index is -0.489. The average Bonchev–Trinajstić information content (AvgIpc) is 3.63. The van der Waals surface area contributed by atoms with Crippen LogP contribution in [0.5, 0.6) is 0 Å². The van der Waals surface area contributed by atoms with Crippen molar-refractivity contribution in [3.05, 3.63) is 264 Å². The molecule has 0 bridgehead atoms. The Kier molecular flexibility index (Phi) is 8.94. The van der Waals surface area contributed by atoms with Crippen LogP contribution < -0.4 is 4.90 Å². The number of fused-ring (bicyclic) bond motifs is 4. The Labute approximate surface area is 353 Å². The van der Waals surface area contributed by atoms with Gasteiger partial charge in [0, 0.05) is 17.1 Å². The third-order valence-corrected chi connectivity index (χ3v) is 12.6. The third kappa shape index (κ3) is 6.10. The molecule has 0 fully saturated rings. The highest BCUT2D eigenvalue weighted by molar-refractivity contribution is 5.90. The van der Waals surface area contributed by atoms with Gasteiger partial charge in [0.05, 0.1) is 5.41 Å². The molecule has 2 aliphatic rings. The lowest BCUT2D eigenvalue weighted by atomic mass is 9.67. The van der Waals surface area contributed by atoms with Crippen LogP contribution in [0.15, 0.2) is 231 Å². The molecule has 0 aromatic heterocycles. The van der Waals surface area contributed by atoms with Crippen molar-refractivity contribution in [3.8, 4) is 44.5 Å². The van der Waals surface area contributed by atoms with Crippen LogP contribution in [-0.4, -0.2) is 0 Å². The molecule has 0 heterocycles. The smallest absolute Gasteiger partial charge is 0.0714 e. The zero-order valence-electron chi connectivity index (χ0n) is 33.4. The van der Waals surface area contributed by atoms with Gasteiger partial charge in [0.2, 0.25) is 0 Å². The maximum Gasteiger partial charge on any atom is 0.0714 e. The fourth-order valence-electron chi connectivity index (χ4n) is 9.75. The van der Waals surface area contributed by atoms with Crippen molar-refractivity contribution in [2.24, 2.45) is 0 Å². The van der Waals surface area contributed by atoms with Gasteiger partial charge in [-0.15, -0.1) is 0 Å².